The van der Waals surface area contributed by atoms with Crippen molar-refractivity contribution in [3.63, 3.8) is 0 Å². The van der Waals surface area contributed by atoms with Crippen molar-refractivity contribution in [2.45, 2.75) is 25.1 Å². The maximum Gasteiger partial charge on any atom is 0.234 e. The van der Waals surface area contributed by atoms with Gasteiger partial charge in [-0.25, -0.2) is 0 Å². The van der Waals surface area contributed by atoms with Crippen LogP contribution >= 0.6 is 0 Å². The minimum atomic E-state index is -0.385. The van der Waals surface area contributed by atoms with Crippen LogP contribution in [0.2, 0.25) is 0 Å². The van der Waals surface area contributed by atoms with Crippen LogP contribution in [-0.4, -0.2) is 46.8 Å². The summed E-state index contributed by atoms with van der Waals surface area (Å²) >= 11 is 0. The monoisotopic (exact) mass is 392 g/mol. The number of aromatic nitrogens is 2. The first kappa shape index (κ1) is 19.0. The summed E-state index contributed by atoms with van der Waals surface area (Å²) in [6.07, 6.45) is 2.24. The van der Waals surface area contributed by atoms with E-state index in [0.717, 1.165) is 28.3 Å². The molecular weight excluding hydrogens is 368 g/mol. The van der Waals surface area contributed by atoms with Gasteiger partial charge in [0.25, 0.3) is 0 Å². The molecule has 0 radical (unpaired) electrons. The van der Waals surface area contributed by atoms with Crippen LogP contribution in [-0.2, 0) is 11.3 Å². The Morgan fingerprint density at radius 3 is 2.72 bits per heavy atom. The second-order valence-electron chi connectivity index (χ2n) is 7.11. The number of methoxy groups -OCH3 is 1. The molecule has 29 heavy (non-hydrogen) atoms. The zero-order chi connectivity index (χ0) is 20.2. The molecule has 2 aromatic carbocycles. The average molecular weight is 392 g/mol. The highest BCUT2D eigenvalue weighted by atomic mass is 16.5. The molecule has 2 heterocycles. The largest absolute Gasteiger partial charge is 0.496 e. The standard InChI is InChI=1S/C22H24N4O3/c1-28-20-10-6-5-9-18(20)21-15(12-24-25-21)13-26-14-17(11-19(26)22(23)27)29-16-7-3-2-4-8-16/h2-10,12,17,19H,11,13-14H2,1H3,(H2,23,27)(H,24,25)/t17-,19-/m0/s1. The molecule has 1 fully saturated rings. The smallest absolute Gasteiger partial charge is 0.234 e. The molecule has 0 unspecified atom stereocenters. The highest BCUT2D eigenvalue weighted by Gasteiger charge is 2.37. The molecule has 1 saturated heterocycles. The van der Waals surface area contributed by atoms with Gasteiger partial charge in [-0.2, -0.15) is 5.10 Å². The number of likely N-dealkylation sites (tertiary alicyclic amines) is 1. The number of nitrogens with two attached hydrogens (primary N) is 1. The van der Waals surface area contributed by atoms with Crippen LogP contribution in [0, 0.1) is 0 Å². The molecule has 1 aliphatic rings. The number of aromatic amines is 1. The van der Waals surface area contributed by atoms with Crippen molar-refractivity contribution in [3.8, 4) is 22.8 Å². The van der Waals surface area contributed by atoms with Crippen molar-refractivity contribution in [1.82, 2.24) is 15.1 Å². The third kappa shape index (κ3) is 4.09. The Morgan fingerprint density at radius 1 is 1.21 bits per heavy atom. The van der Waals surface area contributed by atoms with E-state index in [1.54, 1.807) is 13.3 Å². The van der Waals surface area contributed by atoms with Crippen molar-refractivity contribution in [2.75, 3.05) is 13.7 Å². The van der Waals surface area contributed by atoms with Crippen molar-refractivity contribution >= 4 is 5.91 Å². The highest BCUT2D eigenvalue weighted by molar-refractivity contribution is 5.80. The van der Waals surface area contributed by atoms with Crippen LogP contribution in [0.15, 0.2) is 60.8 Å². The highest BCUT2D eigenvalue weighted by Crippen LogP contribution is 2.32. The molecule has 4 rings (SSSR count). The molecule has 2 atom stereocenters. The summed E-state index contributed by atoms with van der Waals surface area (Å²) in [7, 11) is 1.64. The normalized spacial score (nSPS) is 19.2. The summed E-state index contributed by atoms with van der Waals surface area (Å²) in [5.74, 6) is 1.21. The van der Waals surface area contributed by atoms with E-state index in [1.807, 2.05) is 54.6 Å². The molecule has 3 N–H and O–H groups in total. The lowest BCUT2D eigenvalue weighted by atomic mass is 10.1. The van der Waals surface area contributed by atoms with E-state index in [4.69, 9.17) is 15.2 Å². The fourth-order valence-electron chi connectivity index (χ4n) is 3.84. The summed E-state index contributed by atoms with van der Waals surface area (Å²) in [5.41, 5.74) is 8.46. The minimum Gasteiger partial charge on any atom is -0.496 e. The topological polar surface area (TPSA) is 93.5 Å². The predicted octanol–water partition coefficient (Wildman–Crippen LogP) is 2.59. The third-order valence-electron chi connectivity index (χ3n) is 5.21. The van der Waals surface area contributed by atoms with E-state index >= 15 is 0 Å². The number of rotatable bonds is 7. The number of para-hydroxylation sites is 2. The molecule has 1 aliphatic heterocycles. The number of ether oxygens (including phenoxy) is 2. The summed E-state index contributed by atoms with van der Waals surface area (Å²) in [4.78, 5) is 14.1. The maximum atomic E-state index is 12.1. The second-order valence-corrected chi connectivity index (χ2v) is 7.11. The van der Waals surface area contributed by atoms with Crippen LogP contribution in [0.5, 0.6) is 11.5 Å². The number of hydrogen-bond donors (Lipinski definition) is 2. The van der Waals surface area contributed by atoms with E-state index in [-0.39, 0.29) is 18.1 Å². The van der Waals surface area contributed by atoms with E-state index in [0.29, 0.717) is 19.5 Å². The number of hydrogen-bond acceptors (Lipinski definition) is 5. The number of amides is 1. The molecule has 7 heteroatoms. The van der Waals surface area contributed by atoms with Gasteiger partial charge in [0.2, 0.25) is 5.91 Å². The van der Waals surface area contributed by atoms with Gasteiger partial charge >= 0.3 is 0 Å². The predicted molar refractivity (Wildman–Crippen MR) is 109 cm³/mol. The molecule has 1 aromatic heterocycles. The number of nitrogens with one attached hydrogen (secondary N) is 1. The number of nitrogens with zero attached hydrogens (tertiary/aromatic N) is 2. The van der Waals surface area contributed by atoms with Gasteiger partial charge in [0.15, 0.2) is 0 Å². The lowest BCUT2D eigenvalue weighted by molar-refractivity contribution is -0.122. The molecule has 3 aromatic rings. The van der Waals surface area contributed by atoms with Gasteiger partial charge in [0.1, 0.15) is 17.6 Å². The van der Waals surface area contributed by atoms with Gasteiger partial charge in [-0.1, -0.05) is 30.3 Å². The molecule has 1 amide bonds. The van der Waals surface area contributed by atoms with Crippen LogP contribution in [0.3, 0.4) is 0 Å². The second kappa shape index (κ2) is 8.36. The molecule has 0 spiro atoms. The lowest BCUT2D eigenvalue weighted by Gasteiger charge is -2.21. The van der Waals surface area contributed by atoms with Crippen molar-refractivity contribution in [1.29, 1.82) is 0 Å². The van der Waals surface area contributed by atoms with Crippen LogP contribution in [0.1, 0.15) is 12.0 Å². The molecule has 7 nitrogen and oxygen atoms in total. The number of carbonyl (C=O) groups is 1. The summed E-state index contributed by atoms with van der Waals surface area (Å²) in [6, 6.07) is 17.0. The van der Waals surface area contributed by atoms with Crippen molar-refractivity contribution in [2.24, 2.45) is 5.73 Å². The Bertz CT molecular complexity index is 973. The first-order valence-electron chi connectivity index (χ1n) is 9.56. The SMILES string of the molecule is COc1ccccc1-c1[nH]ncc1CN1C[C@@H](Oc2ccccc2)C[C@H]1C(N)=O. The molecular formula is C22H24N4O3. The van der Waals surface area contributed by atoms with Gasteiger partial charge in [0.05, 0.1) is 25.0 Å². The fourth-order valence-corrected chi connectivity index (χ4v) is 3.84. The Labute approximate surface area is 169 Å². The third-order valence-corrected chi connectivity index (χ3v) is 5.21. The van der Waals surface area contributed by atoms with E-state index in [2.05, 4.69) is 15.1 Å². The molecule has 0 bridgehead atoms. The zero-order valence-corrected chi connectivity index (χ0v) is 16.2. The molecule has 0 saturated carbocycles. The van der Waals surface area contributed by atoms with Gasteiger partial charge < -0.3 is 15.2 Å². The quantitative estimate of drug-likeness (QED) is 0.645. The van der Waals surface area contributed by atoms with Crippen molar-refractivity contribution < 1.29 is 14.3 Å². The van der Waals surface area contributed by atoms with Gasteiger partial charge in [0, 0.05) is 30.6 Å². The van der Waals surface area contributed by atoms with Gasteiger partial charge in [-0.3, -0.25) is 14.8 Å². The molecule has 0 aliphatic carbocycles. The van der Waals surface area contributed by atoms with Crippen LogP contribution in [0.25, 0.3) is 11.3 Å². The summed E-state index contributed by atoms with van der Waals surface area (Å²) in [6.45, 7) is 1.14. The number of benzene rings is 2. The number of carbonyl (C=O) groups excluding carboxylic acids is 1. The lowest BCUT2D eigenvalue weighted by Crippen LogP contribution is -2.39. The Kier molecular flexibility index (Phi) is 5.48. The van der Waals surface area contributed by atoms with Crippen molar-refractivity contribution in [3.05, 3.63) is 66.4 Å². The van der Waals surface area contributed by atoms with Crippen LogP contribution in [0.4, 0.5) is 0 Å². The fraction of sp³-hybridized carbons (Fsp3) is 0.273. The summed E-state index contributed by atoms with van der Waals surface area (Å²) < 4.78 is 11.5. The first-order valence-corrected chi connectivity index (χ1v) is 9.56. The summed E-state index contributed by atoms with van der Waals surface area (Å²) in [5, 5.41) is 7.28. The Morgan fingerprint density at radius 2 is 1.97 bits per heavy atom. The number of H-pyrrole nitrogens is 1. The maximum absolute atomic E-state index is 12.1. The Balaban J connectivity index is 1.54. The average Bonchev–Trinajstić information content (AvgIpc) is 3.36. The van der Waals surface area contributed by atoms with Gasteiger partial charge in [-0.15, -0.1) is 0 Å². The number of primary amides is 1. The first-order chi connectivity index (χ1) is 14.2. The van der Waals surface area contributed by atoms with E-state index in [9.17, 15) is 4.79 Å². The van der Waals surface area contributed by atoms with Crippen LogP contribution < -0.4 is 15.2 Å². The van der Waals surface area contributed by atoms with E-state index < -0.39 is 0 Å². The molecule has 150 valence electrons. The van der Waals surface area contributed by atoms with Gasteiger partial charge in [-0.05, 0) is 24.3 Å². The van der Waals surface area contributed by atoms with E-state index in [1.165, 1.54) is 0 Å². The zero-order valence-electron chi connectivity index (χ0n) is 16.2. The Hall–Kier alpha value is -3.32. The minimum absolute atomic E-state index is 0.100.